The number of carbonyl (C=O) groups excluding carboxylic acids is 1. The highest BCUT2D eigenvalue weighted by Gasteiger charge is 2.42. The number of fused-ring (bicyclic) bond motifs is 1. The number of nitrogens with one attached hydrogen (secondary N) is 2. The molecule has 0 bridgehead atoms. The molecule has 3 aliphatic heterocycles. The van der Waals surface area contributed by atoms with Gasteiger partial charge in [-0.2, -0.15) is 0 Å². The van der Waals surface area contributed by atoms with Gasteiger partial charge in [0.15, 0.2) is 5.82 Å². The molecule has 0 radical (unpaired) electrons. The number of alkyl halides is 2. The van der Waals surface area contributed by atoms with Crippen LogP contribution in [0.3, 0.4) is 0 Å². The molecule has 1 aromatic rings. The third-order valence-electron chi connectivity index (χ3n) is 7.20. The van der Waals surface area contributed by atoms with Crippen molar-refractivity contribution in [2.24, 2.45) is 16.8 Å². The Kier molecular flexibility index (Phi) is 5.16. The van der Waals surface area contributed by atoms with E-state index < -0.39 is 5.92 Å². The van der Waals surface area contributed by atoms with E-state index in [9.17, 15) is 13.6 Å². The standard InChI is InChI=1S/C22H28F2N6O/c1-14(15-3-2-8-25-9-15)17-10-26-11-18(17)20-27-19-12-29(13-30(19)21(31)28-20)16-4-6-22(23,24)7-5-16/h2-3,8-9,12,14,16-18,26H,4-7,10-11,13H2,1H3,(H,27,28,31). The number of aliphatic imine (C=N–C) groups is 1. The smallest absolute Gasteiger partial charge is 0.329 e. The zero-order valence-electron chi connectivity index (χ0n) is 17.6. The Morgan fingerprint density at radius 1 is 1.26 bits per heavy atom. The lowest BCUT2D eigenvalue weighted by atomic mass is 9.80. The van der Waals surface area contributed by atoms with Crippen LogP contribution in [0.15, 0.2) is 41.5 Å². The molecule has 2 amide bonds. The molecule has 5 rings (SSSR count). The van der Waals surface area contributed by atoms with Gasteiger partial charge < -0.3 is 10.2 Å². The van der Waals surface area contributed by atoms with Gasteiger partial charge in [-0.3, -0.25) is 15.2 Å². The number of urea groups is 1. The Labute approximate surface area is 180 Å². The van der Waals surface area contributed by atoms with Crippen LogP contribution in [0.1, 0.15) is 44.1 Å². The molecule has 2 N–H and O–H groups in total. The van der Waals surface area contributed by atoms with Crippen molar-refractivity contribution in [1.82, 2.24) is 25.4 Å². The number of rotatable bonds is 4. The van der Waals surface area contributed by atoms with E-state index in [0.29, 0.717) is 31.2 Å². The maximum absolute atomic E-state index is 13.5. The summed E-state index contributed by atoms with van der Waals surface area (Å²) in [6.45, 7) is 4.16. The van der Waals surface area contributed by atoms with E-state index in [1.54, 1.807) is 11.1 Å². The molecule has 2 fully saturated rings. The van der Waals surface area contributed by atoms with Crippen molar-refractivity contribution in [1.29, 1.82) is 0 Å². The first-order valence-electron chi connectivity index (χ1n) is 11.0. The Hall–Kier alpha value is -2.55. The molecule has 0 spiro atoms. The van der Waals surface area contributed by atoms with Gasteiger partial charge >= 0.3 is 6.03 Å². The maximum Gasteiger partial charge on any atom is 0.329 e. The zero-order chi connectivity index (χ0) is 21.6. The van der Waals surface area contributed by atoms with Gasteiger partial charge in [0.2, 0.25) is 5.92 Å². The maximum atomic E-state index is 13.5. The second-order valence-electron chi connectivity index (χ2n) is 9.09. The summed E-state index contributed by atoms with van der Waals surface area (Å²) in [6.07, 6.45) is 6.20. The number of aromatic nitrogens is 1. The average Bonchev–Trinajstić information content (AvgIpc) is 3.41. The number of amidine groups is 1. The van der Waals surface area contributed by atoms with Crippen molar-refractivity contribution in [2.45, 2.75) is 50.5 Å². The number of hydrogen-bond acceptors (Lipinski definition) is 5. The minimum absolute atomic E-state index is 0.0238. The van der Waals surface area contributed by atoms with Crippen LogP contribution >= 0.6 is 0 Å². The Morgan fingerprint density at radius 2 is 2.06 bits per heavy atom. The quantitative estimate of drug-likeness (QED) is 0.770. The summed E-state index contributed by atoms with van der Waals surface area (Å²) >= 11 is 0. The molecule has 4 aliphatic rings. The minimum atomic E-state index is -2.56. The van der Waals surface area contributed by atoms with E-state index in [1.165, 1.54) is 5.56 Å². The summed E-state index contributed by atoms with van der Waals surface area (Å²) in [5.41, 5.74) is 1.17. The van der Waals surface area contributed by atoms with Crippen molar-refractivity contribution in [3.63, 3.8) is 0 Å². The first-order valence-corrected chi connectivity index (χ1v) is 11.0. The van der Waals surface area contributed by atoms with Crippen LogP contribution in [0, 0.1) is 11.8 Å². The number of carbonyl (C=O) groups is 1. The van der Waals surface area contributed by atoms with Gasteiger partial charge in [-0.1, -0.05) is 13.0 Å². The highest BCUT2D eigenvalue weighted by molar-refractivity contribution is 6.02. The molecule has 1 saturated heterocycles. The Balaban J connectivity index is 1.34. The molecule has 7 nitrogen and oxygen atoms in total. The van der Waals surface area contributed by atoms with Crippen LogP contribution in [-0.4, -0.2) is 58.4 Å². The average molecular weight is 431 g/mol. The first kappa shape index (κ1) is 20.4. The Bertz CT molecular complexity index is 895. The van der Waals surface area contributed by atoms with Crippen molar-refractivity contribution >= 4 is 11.9 Å². The normalized spacial score (nSPS) is 29.3. The largest absolute Gasteiger partial charge is 0.353 e. The van der Waals surface area contributed by atoms with Gasteiger partial charge in [0, 0.05) is 49.9 Å². The van der Waals surface area contributed by atoms with Gasteiger partial charge in [-0.25, -0.2) is 18.6 Å². The van der Waals surface area contributed by atoms with E-state index in [1.807, 2.05) is 23.4 Å². The zero-order valence-corrected chi connectivity index (χ0v) is 17.6. The van der Waals surface area contributed by atoms with E-state index in [0.717, 1.165) is 13.1 Å². The molecule has 166 valence electrons. The van der Waals surface area contributed by atoms with Crippen LogP contribution in [-0.2, 0) is 0 Å². The molecule has 4 heterocycles. The van der Waals surface area contributed by atoms with Crippen molar-refractivity contribution in [2.75, 3.05) is 19.8 Å². The number of halogens is 2. The van der Waals surface area contributed by atoms with E-state index >= 15 is 0 Å². The fraction of sp³-hybridized carbons (Fsp3) is 0.591. The van der Waals surface area contributed by atoms with Gasteiger partial charge in [0.1, 0.15) is 12.5 Å². The lowest BCUT2D eigenvalue weighted by Gasteiger charge is -2.35. The molecule has 0 aromatic carbocycles. The highest BCUT2D eigenvalue weighted by Crippen LogP contribution is 2.38. The molecule has 1 aliphatic carbocycles. The van der Waals surface area contributed by atoms with Gasteiger partial charge in [-0.05, 0) is 42.9 Å². The lowest BCUT2D eigenvalue weighted by Crippen LogP contribution is -2.50. The van der Waals surface area contributed by atoms with E-state index in [2.05, 4.69) is 28.6 Å². The summed E-state index contributed by atoms with van der Waals surface area (Å²) in [7, 11) is 0. The van der Waals surface area contributed by atoms with E-state index in [4.69, 9.17) is 4.99 Å². The van der Waals surface area contributed by atoms with Crippen LogP contribution in [0.5, 0.6) is 0 Å². The third-order valence-corrected chi connectivity index (χ3v) is 7.20. The highest BCUT2D eigenvalue weighted by atomic mass is 19.3. The van der Waals surface area contributed by atoms with Crippen molar-refractivity contribution in [3.8, 4) is 0 Å². The first-order chi connectivity index (χ1) is 14.9. The number of pyridine rings is 1. The Morgan fingerprint density at radius 3 is 2.81 bits per heavy atom. The summed E-state index contributed by atoms with van der Waals surface area (Å²) in [6, 6.07) is 3.86. The molecule has 1 saturated carbocycles. The fourth-order valence-corrected chi connectivity index (χ4v) is 5.25. The van der Waals surface area contributed by atoms with Crippen molar-refractivity contribution < 1.29 is 13.6 Å². The lowest BCUT2D eigenvalue weighted by molar-refractivity contribution is -0.0500. The number of hydrogen-bond donors (Lipinski definition) is 2. The second-order valence-corrected chi connectivity index (χ2v) is 9.09. The minimum Gasteiger partial charge on any atom is -0.353 e. The molecular weight excluding hydrogens is 402 g/mol. The number of amides is 2. The third kappa shape index (κ3) is 3.91. The molecular formula is C22H28F2N6O. The monoisotopic (exact) mass is 430 g/mol. The van der Waals surface area contributed by atoms with Gasteiger partial charge in [0.05, 0.1) is 0 Å². The summed E-state index contributed by atoms with van der Waals surface area (Å²) < 4.78 is 27.1. The SMILES string of the molecule is CC(c1cccnc1)C1CNCC1C1=NC2=CN(C3CCC(F)(F)CC3)CN2C(=O)N1. The predicted octanol–water partition coefficient (Wildman–Crippen LogP) is 3.09. The van der Waals surface area contributed by atoms with Crippen LogP contribution in [0.2, 0.25) is 0 Å². The van der Waals surface area contributed by atoms with Gasteiger partial charge in [-0.15, -0.1) is 0 Å². The molecule has 31 heavy (non-hydrogen) atoms. The van der Waals surface area contributed by atoms with Crippen LogP contribution in [0.25, 0.3) is 0 Å². The second kappa shape index (κ2) is 7.85. The molecule has 1 aromatic heterocycles. The van der Waals surface area contributed by atoms with Crippen LogP contribution < -0.4 is 10.6 Å². The molecule has 9 heteroatoms. The predicted molar refractivity (Wildman–Crippen MR) is 112 cm³/mol. The van der Waals surface area contributed by atoms with Crippen molar-refractivity contribution in [3.05, 3.63) is 42.1 Å². The molecule has 3 unspecified atom stereocenters. The van der Waals surface area contributed by atoms with Gasteiger partial charge in [0.25, 0.3) is 0 Å². The topological polar surface area (TPSA) is 72.9 Å². The fourth-order valence-electron chi connectivity index (χ4n) is 5.25. The summed E-state index contributed by atoms with van der Waals surface area (Å²) in [5, 5.41) is 6.44. The van der Waals surface area contributed by atoms with E-state index in [-0.39, 0.29) is 42.7 Å². The summed E-state index contributed by atoms with van der Waals surface area (Å²) in [5.74, 6) is -0.623. The number of nitrogens with zero attached hydrogens (tertiary/aromatic N) is 4. The van der Waals surface area contributed by atoms with Crippen LogP contribution in [0.4, 0.5) is 13.6 Å². The summed E-state index contributed by atoms with van der Waals surface area (Å²) in [4.78, 5) is 25.5. The molecule has 3 atom stereocenters.